The number of hydrogen-bond acceptors (Lipinski definition) is 4. The van der Waals surface area contributed by atoms with Gasteiger partial charge in [0.1, 0.15) is 5.01 Å². The summed E-state index contributed by atoms with van der Waals surface area (Å²) in [6.45, 7) is 7.91. The molecular weight excluding hydrogens is 298 g/mol. The van der Waals surface area contributed by atoms with E-state index >= 15 is 0 Å². The molecule has 6 heteroatoms. The molecule has 0 bridgehead atoms. The molecule has 122 valence electrons. The average molecular weight is 323 g/mol. The normalized spacial score (nSPS) is 16.2. The lowest BCUT2D eigenvalue weighted by Crippen LogP contribution is -2.38. The molecule has 1 aromatic heterocycles. The van der Waals surface area contributed by atoms with Crippen LogP contribution in [0, 0.1) is 18.3 Å². The van der Waals surface area contributed by atoms with Crippen LogP contribution in [-0.2, 0) is 9.59 Å². The summed E-state index contributed by atoms with van der Waals surface area (Å²) in [5.41, 5.74) is 0.572. The molecule has 0 radical (unpaired) electrons. The first-order valence-electron chi connectivity index (χ1n) is 7.77. The molecule has 22 heavy (non-hydrogen) atoms. The summed E-state index contributed by atoms with van der Waals surface area (Å²) in [5.74, 6) is 0.451. The Morgan fingerprint density at radius 1 is 1.41 bits per heavy atom. The highest BCUT2D eigenvalue weighted by atomic mass is 32.1. The predicted molar refractivity (Wildman–Crippen MR) is 87.5 cm³/mol. The Balaban J connectivity index is 1.81. The standard InChI is InChI=1S/C16H25N3O2S/c1-10-9-22-14(18-10)13(11-5-6-11)19-12(20)7-8-17-15(21)16(2,3)4/h9,11,13H,5-8H2,1-4H3,(H,17,21)(H,19,20)/t13-/m1/s1. The summed E-state index contributed by atoms with van der Waals surface area (Å²) in [6, 6.07) is 0.0320. The van der Waals surface area contributed by atoms with Crippen LogP contribution < -0.4 is 10.6 Å². The topological polar surface area (TPSA) is 71.1 Å². The molecule has 1 fully saturated rings. The molecule has 2 rings (SSSR count). The minimum absolute atomic E-state index is 0.0287. The molecule has 1 aromatic rings. The predicted octanol–water partition coefficient (Wildman–Crippen LogP) is 2.57. The average Bonchev–Trinajstić information content (AvgIpc) is 3.17. The van der Waals surface area contributed by atoms with Crippen molar-refractivity contribution in [2.75, 3.05) is 6.54 Å². The van der Waals surface area contributed by atoms with Gasteiger partial charge >= 0.3 is 0 Å². The van der Waals surface area contributed by atoms with Crippen LogP contribution in [0.1, 0.15) is 56.8 Å². The first-order valence-corrected chi connectivity index (χ1v) is 8.65. The maximum Gasteiger partial charge on any atom is 0.225 e. The number of nitrogens with zero attached hydrogens (tertiary/aromatic N) is 1. The lowest BCUT2D eigenvalue weighted by molar-refractivity contribution is -0.128. The van der Waals surface area contributed by atoms with Crippen LogP contribution in [0.15, 0.2) is 5.38 Å². The molecule has 2 amide bonds. The van der Waals surface area contributed by atoms with Gasteiger partial charge < -0.3 is 10.6 Å². The highest BCUT2D eigenvalue weighted by Gasteiger charge is 2.35. The molecule has 2 N–H and O–H groups in total. The fourth-order valence-corrected chi connectivity index (χ4v) is 3.06. The lowest BCUT2D eigenvalue weighted by atomic mass is 9.96. The number of thiazole rings is 1. The molecule has 1 aliphatic carbocycles. The Hall–Kier alpha value is -1.43. The van der Waals surface area contributed by atoms with Crippen molar-refractivity contribution in [3.8, 4) is 0 Å². The van der Waals surface area contributed by atoms with Crippen molar-refractivity contribution in [1.29, 1.82) is 0 Å². The third-order valence-electron chi connectivity index (χ3n) is 3.63. The van der Waals surface area contributed by atoms with E-state index in [-0.39, 0.29) is 17.9 Å². The number of hydrogen-bond donors (Lipinski definition) is 2. The van der Waals surface area contributed by atoms with Crippen molar-refractivity contribution >= 4 is 23.2 Å². The van der Waals surface area contributed by atoms with Crippen molar-refractivity contribution < 1.29 is 9.59 Å². The van der Waals surface area contributed by atoms with Gasteiger partial charge in [0.25, 0.3) is 0 Å². The van der Waals surface area contributed by atoms with Crippen LogP contribution >= 0.6 is 11.3 Å². The maximum atomic E-state index is 12.1. The highest BCUT2D eigenvalue weighted by Crippen LogP contribution is 2.41. The molecule has 1 saturated carbocycles. The Morgan fingerprint density at radius 3 is 2.59 bits per heavy atom. The van der Waals surface area contributed by atoms with Gasteiger partial charge in [0.15, 0.2) is 0 Å². The van der Waals surface area contributed by atoms with E-state index in [2.05, 4.69) is 15.6 Å². The second-order valence-corrected chi connectivity index (χ2v) is 7.86. The molecule has 0 saturated heterocycles. The number of aromatic nitrogens is 1. The van der Waals surface area contributed by atoms with E-state index in [1.807, 2.05) is 33.1 Å². The molecule has 0 spiro atoms. The summed E-state index contributed by atoms with van der Waals surface area (Å²) in [4.78, 5) is 28.4. The Bertz CT molecular complexity index is 544. The maximum absolute atomic E-state index is 12.1. The van der Waals surface area contributed by atoms with E-state index < -0.39 is 5.41 Å². The van der Waals surface area contributed by atoms with Gasteiger partial charge in [0.05, 0.1) is 6.04 Å². The second kappa shape index (κ2) is 6.77. The van der Waals surface area contributed by atoms with E-state index in [0.29, 0.717) is 18.9 Å². The largest absolute Gasteiger partial charge is 0.355 e. The summed E-state index contributed by atoms with van der Waals surface area (Å²) >= 11 is 1.60. The van der Waals surface area contributed by atoms with Gasteiger partial charge in [-0.15, -0.1) is 11.3 Å². The van der Waals surface area contributed by atoms with Gasteiger partial charge in [-0.1, -0.05) is 20.8 Å². The zero-order valence-corrected chi connectivity index (χ0v) is 14.5. The van der Waals surface area contributed by atoms with Crippen LogP contribution in [0.4, 0.5) is 0 Å². The summed E-state index contributed by atoms with van der Waals surface area (Å²) in [6.07, 6.45) is 2.59. The Morgan fingerprint density at radius 2 is 2.09 bits per heavy atom. The summed E-state index contributed by atoms with van der Waals surface area (Å²) in [5, 5.41) is 8.89. The Labute approximate surface area is 135 Å². The quantitative estimate of drug-likeness (QED) is 0.845. The summed E-state index contributed by atoms with van der Waals surface area (Å²) < 4.78 is 0. The van der Waals surface area contributed by atoms with Crippen molar-refractivity contribution in [1.82, 2.24) is 15.6 Å². The van der Waals surface area contributed by atoms with Crippen LogP contribution in [0.5, 0.6) is 0 Å². The minimum Gasteiger partial charge on any atom is -0.355 e. The van der Waals surface area contributed by atoms with Crippen molar-refractivity contribution in [3.05, 3.63) is 16.1 Å². The van der Waals surface area contributed by atoms with Gasteiger partial charge in [-0.2, -0.15) is 0 Å². The summed E-state index contributed by atoms with van der Waals surface area (Å²) in [7, 11) is 0. The van der Waals surface area contributed by atoms with Gasteiger partial charge in [-0.25, -0.2) is 4.98 Å². The number of carbonyl (C=O) groups is 2. The molecular formula is C16H25N3O2S. The third-order valence-corrected chi connectivity index (χ3v) is 4.68. The van der Waals surface area contributed by atoms with Crippen LogP contribution in [0.2, 0.25) is 0 Å². The van der Waals surface area contributed by atoms with Crippen molar-refractivity contribution in [3.63, 3.8) is 0 Å². The zero-order chi connectivity index (χ0) is 16.3. The van der Waals surface area contributed by atoms with E-state index in [9.17, 15) is 9.59 Å². The number of rotatable bonds is 6. The molecule has 0 aliphatic heterocycles. The molecule has 1 atom stereocenters. The van der Waals surface area contributed by atoms with Crippen LogP contribution in [0.25, 0.3) is 0 Å². The smallest absolute Gasteiger partial charge is 0.225 e. The second-order valence-electron chi connectivity index (χ2n) is 6.97. The highest BCUT2D eigenvalue weighted by molar-refractivity contribution is 7.09. The van der Waals surface area contributed by atoms with Gasteiger partial charge in [0, 0.05) is 29.5 Å². The van der Waals surface area contributed by atoms with Gasteiger partial charge in [-0.3, -0.25) is 9.59 Å². The van der Waals surface area contributed by atoms with Crippen molar-refractivity contribution in [2.45, 2.75) is 53.0 Å². The van der Waals surface area contributed by atoms with Gasteiger partial charge in [0.2, 0.25) is 11.8 Å². The lowest BCUT2D eigenvalue weighted by Gasteiger charge is -2.18. The minimum atomic E-state index is -0.425. The van der Waals surface area contributed by atoms with Crippen molar-refractivity contribution in [2.24, 2.45) is 11.3 Å². The zero-order valence-electron chi connectivity index (χ0n) is 13.7. The SMILES string of the molecule is Cc1csc([C@H](NC(=O)CCNC(=O)C(C)(C)C)C2CC2)n1. The molecule has 0 aromatic carbocycles. The van der Waals surface area contributed by atoms with E-state index in [4.69, 9.17) is 0 Å². The monoisotopic (exact) mass is 323 g/mol. The molecule has 5 nitrogen and oxygen atoms in total. The molecule has 1 aliphatic rings. The fraction of sp³-hybridized carbons (Fsp3) is 0.688. The third kappa shape index (κ3) is 4.80. The van der Waals surface area contributed by atoms with E-state index in [1.165, 1.54) is 0 Å². The molecule has 1 heterocycles. The van der Waals surface area contributed by atoms with E-state index in [1.54, 1.807) is 11.3 Å². The first-order chi connectivity index (χ1) is 10.3. The first kappa shape index (κ1) is 16.9. The number of carbonyl (C=O) groups excluding carboxylic acids is 2. The molecule has 0 unspecified atom stereocenters. The number of nitrogens with one attached hydrogen (secondary N) is 2. The fourth-order valence-electron chi connectivity index (χ4n) is 2.13. The van der Waals surface area contributed by atoms with Crippen LogP contribution in [0.3, 0.4) is 0 Å². The van der Waals surface area contributed by atoms with E-state index in [0.717, 1.165) is 23.5 Å². The van der Waals surface area contributed by atoms with Gasteiger partial charge in [-0.05, 0) is 25.7 Å². The van der Waals surface area contributed by atoms with Crippen LogP contribution in [-0.4, -0.2) is 23.3 Å². The number of aryl methyl sites for hydroxylation is 1. The Kier molecular flexibility index (Phi) is 5.21. The number of amides is 2.